The minimum absolute atomic E-state index is 0.0470. The summed E-state index contributed by atoms with van der Waals surface area (Å²) in [6, 6.07) is 7.45. The molecule has 0 spiro atoms. The molecule has 0 bridgehead atoms. The Kier molecular flexibility index (Phi) is 3.25. The van der Waals surface area contributed by atoms with Crippen molar-refractivity contribution in [3.8, 4) is 0 Å². The second-order valence-electron chi connectivity index (χ2n) is 3.75. The van der Waals surface area contributed by atoms with Crippen LogP contribution in [-0.2, 0) is 0 Å². The first-order valence-corrected chi connectivity index (χ1v) is 6.62. The minimum atomic E-state index is -0.554. The van der Waals surface area contributed by atoms with Gasteiger partial charge in [-0.15, -0.1) is 0 Å². The molecule has 9 heteroatoms. The number of benzene rings is 1. The predicted molar refractivity (Wildman–Crippen MR) is 73.9 cm³/mol. The Bertz CT molecular complexity index is 773. The fraction of sp³-hybridized carbons (Fsp3) is 0. The maximum Gasteiger partial charge on any atom is 0.320 e. The van der Waals surface area contributed by atoms with E-state index in [0.29, 0.717) is 5.16 Å². The first kappa shape index (κ1) is 12.8. The topological polar surface area (TPSA) is 97.6 Å². The van der Waals surface area contributed by atoms with E-state index in [2.05, 4.69) is 19.9 Å². The van der Waals surface area contributed by atoms with Crippen LogP contribution < -0.4 is 0 Å². The number of H-pyrrole nitrogens is 1. The number of hydrogen-bond donors (Lipinski definition) is 1. The molecule has 3 rings (SSSR count). The third-order valence-corrected chi connectivity index (χ3v) is 3.53. The van der Waals surface area contributed by atoms with Gasteiger partial charge in [-0.1, -0.05) is 12.1 Å². The van der Waals surface area contributed by atoms with Gasteiger partial charge in [0, 0.05) is 0 Å². The summed E-state index contributed by atoms with van der Waals surface area (Å²) in [6.07, 6.45) is 1.08. The van der Waals surface area contributed by atoms with Gasteiger partial charge in [0.1, 0.15) is 6.20 Å². The van der Waals surface area contributed by atoms with Gasteiger partial charge in [-0.05, 0) is 35.5 Å². The molecule has 0 fully saturated rings. The van der Waals surface area contributed by atoms with Crippen molar-refractivity contribution in [1.29, 1.82) is 0 Å². The molecule has 0 saturated carbocycles. The van der Waals surface area contributed by atoms with Gasteiger partial charge in [-0.3, -0.25) is 10.1 Å². The van der Waals surface area contributed by atoms with E-state index in [1.54, 1.807) is 0 Å². The van der Waals surface area contributed by atoms with Crippen molar-refractivity contribution in [2.24, 2.45) is 0 Å². The molecule has 2 aromatic heterocycles. The molecule has 0 atom stereocenters. The molecule has 0 aliphatic heterocycles. The zero-order valence-corrected chi connectivity index (χ0v) is 11.4. The molecule has 100 valence electrons. The van der Waals surface area contributed by atoms with Crippen LogP contribution in [0.25, 0.3) is 11.0 Å². The van der Waals surface area contributed by atoms with E-state index in [1.165, 1.54) is 0 Å². The van der Waals surface area contributed by atoms with E-state index in [1.807, 2.05) is 24.3 Å². The summed E-state index contributed by atoms with van der Waals surface area (Å²) in [5.74, 6) is 0. The molecule has 0 aliphatic rings. The van der Waals surface area contributed by atoms with E-state index in [4.69, 9.17) is 11.6 Å². The second kappa shape index (κ2) is 5.06. The Morgan fingerprint density at radius 1 is 1.30 bits per heavy atom. The van der Waals surface area contributed by atoms with Crippen LogP contribution in [0.15, 0.2) is 40.6 Å². The Balaban J connectivity index is 2.01. The number of halogens is 1. The molecule has 2 heterocycles. The third kappa shape index (κ3) is 2.43. The average molecular weight is 308 g/mol. The molecule has 1 aromatic carbocycles. The number of aromatic nitrogens is 4. The van der Waals surface area contributed by atoms with E-state index >= 15 is 0 Å². The van der Waals surface area contributed by atoms with Crippen molar-refractivity contribution >= 4 is 40.1 Å². The highest BCUT2D eigenvalue weighted by Crippen LogP contribution is 2.32. The van der Waals surface area contributed by atoms with Gasteiger partial charge < -0.3 is 4.98 Å². The molecule has 1 N–H and O–H groups in total. The van der Waals surface area contributed by atoms with E-state index in [0.717, 1.165) is 29.0 Å². The molecule has 0 amide bonds. The molecule has 0 aliphatic carbocycles. The van der Waals surface area contributed by atoms with Crippen LogP contribution in [0.5, 0.6) is 0 Å². The lowest BCUT2D eigenvalue weighted by atomic mass is 10.3. The molecule has 0 unspecified atom stereocenters. The van der Waals surface area contributed by atoms with Crippen molar-refractivity contribution in [2.45, 2.75) is 10.2 Å². The van der Waals surface area contributed by atoms with Crippen molar-refractivity contribution in [3.05, 3.63) is 45.9 Å². The minimum Gasteiger partial charge on any atom is -0.333 e. The zero-order chi connectivity index (χ0) is 14.1. The van der Waals surface area contributed by atoms with E-state index < -0.39 is 4.92 Å². The van der Waals surface area contributed by atoms with E-state index in [9.17, 15) is 10.1 Å². The maximum absolute atomic E-state index is 10.9. The summed E-state index contributed by atoms with van der Waals surface area (Å²) in [7, 11) is 0. The molecule has 0 saturated heterocycles. The first-order valence-electron chi connectivity index (χ1n) is 5.43. The highest BCUT2D eigenvalue weighted by atomic mass is 35.5. The maximum atomic E-state index is 10.9. The second-order valence-corrected chi connectivity index (χ2v) is 5.06. The molecule has 3 aromatic rings. The number of hydrogen-bond acceptors (Lipinski definition) is 6. The largest absolute Gasteiger partial charge is 0.333 e. The Morgan fingerprint density at radius 3 is 2.85 bits per heavy atom. The van der Waals surface area contributed by atoms with Crippen LogP contribution in [0.2, 0.25) is 5.28 Å². The van der Waals surface area contributed by atoms with Gasteiger partial charge in [0.05, 0.1) is 16.0 Å². The lowest BCUT2D eigenvalue weighted by Gasteiger charge is -1.99. The number of rotatable bonds is 3. The number of para-hydroxylation sites is 2. The summed E-state index contributed by atoms with van der Waals surface area (Å²) in [5.41, 5.74) is 1.41. The Labute approximate surface area is 121 Å². The van der Waals surface area contributed by atoms with Crippen LogP contribution >= 0.6 is 23.4 Å². The van der Waals surface area contributed by atoms with Crippen molar-refractivity contribution < 1.29 is 4.92 Å². The SMILES string of the molecule is O=[N+]([O-])c1cnc(Cl)nc1Sc1nc2ccccc2[nH]1. The third-order valence-electron chi connectivity index (χ3n) is 2.46. The van der Waals surface area contributed by atoms with Crippen molar-refractivity contribution in [3.63, 3.8) is 0 Å². The normalized spacial score (nSPS) is 10.8. The smallest absolute Gasteiger partial charge is 0.320 e. The lowest BCUT2D eigenvalue weighted by molar-refractivity contribution is -0.388. The Morgan fingerprint density at radius 2 is 2.10 bits per heavy atom. The first-order chi connectivity index (χ1) is 9.63. The van der Waals surface area contributed by atoms with Crippen LogP contribution in [0.4, 0.5) is 5.69 Å². The summed E-state index contributed by atoms with van der Waals surface area (Å²) in [6.45, 7) is 0. The highest BCUT2D eigenvalue weighted by Gasteiger charge is 2.19. The summed E-state index contributed by atoms with van der Waals surface area (Å²) < 4.78 is 0. The molecular formula is C11H6ClN5O2S. The van der Waals surface area contributed by atoms with Gasteiger partial charge >= 0.3 is 5.69 Å². The summed E-state index contributed by atoms with van der Waals surface area (Å²) in [4.78, 5) is 25.2. The van der Waals surface area contributed by atoms with Crippen molar-refractivity contribution in [1.82, 2.24) is 19.9 Å². The quantitative estimate of drug-likeness (QED) is 0.345. The fourth-order valence-corrected chi connectivity index (χ4v) is 2.64. The zero-order valence-electron chi connectivity index (χ0n) is 9.78. The molecular weight excluding hydrogens is 302 g/mol. The van der Waals surface area contributed by atoms with E-state index in [-0.39, 0.29) is 16.0 Å². The number of nitrogens with one attached hydrogen (secondary N) is 1. The molecule has 20 heavy (non-hydrogen) atoms. The van der Waals surface area contributed by atoms with Crippen LogP contribution in [0.3, 0.4) is 0 Å². The molecule has 7 nitrogen and oxygen atoms in total. The molecule has 0 radical (unpaired) electrons. The predicted octanol–water partition coefficient (Wildman–Crippen LogP) is 3.07. The Hall–Kier alpha value is -2.19. The fourth-order valence-electron chi connectivity index (χ4n) is 1.61. The van der Waals surface area contributed by atoms with Gasteiger partial charge in [-0.2, -0.15) is 0 Å². The summed E-state index contributed by atoms with van der Waals surface area (Å²) >= 11 is 6.72. The van der Waals surface area contributed by atoms with Crippen LogP contribution in [0, 0.1) is 10.1 Å². The summed E-state index contributed by atoms with van der Waals surface area (Å²) in [5, 5.41) is 11.5. The monoisotopic (exact) mass is 307 g/mol. The van der Waals surface area contributed by atoms with Gasteiger partial charge in [-0.25, -0.2) is 15.0 Å². The number of aromatic amines is 1. The highest BCUT2D eigenvalue weighted by molar-refractivity contribution is 7.99. The van der Waals surface area contributed by atoms with Crippen molar-refractivity contribution in [2.75, 3.05) is 0 Å². The number of nitrogens with zero attached hydrogens (tertiary/aromatic N) is 4. The van der Waals surface area contributed by atoms with Gasteiger partial charge in [0.25, 0.3) is 0 Å². The van der Waals surface area contributed by atoms with Gasteiger partial charge in [0.2, 0.25) is 5.28 Å². The van der Waals surface area contributed by atoms with Crippen LogP contribution in [0.1, 0.15) is 0 Å². The van der Waals surface area contributed by atoms with Gasteiger partial charge in [0.15, 0.2) is 10.2 Å². The lowest BCUT2D eigenvalue weighted by Crippen LogP contribution is -1.96. The van der Waals surface area contributed by atoms with Crippen LogP contribution in [-0.4, -0.2) is 24.9 Å². The number of fused-ring (bicyclic) bond motifs is 1. The number of imidazole rings is 1. The average Bonchev–Trinajstić information content (AvgIpc) is 2.80. The number of nitro groups is 1. The standard InChI is InChI=1S/C11H6ClN5O2S/c12-10-13-5-8(17(18)19)9(16-10)20-11-14-6-3-1-2-4-7(6)15-11/h1-5H,(H,14,15).